The van der Waals surface area contributed by atoms with Gasteiger partial charge in [0.1, 0.15) is 0 Å². The molecular weight excluding hydrogens is 228 g/mol. The molecule has 1 rings (SSSR count). The van der Waals surface area contributed by atoms with Crippen molar-refractivity contribution in [3.63, 3.8) is 0 Å². The molecule has 4 heteroatoms. The van der Waals surface area contributed by atoms with Gasteiger partial charge in [0.15, 0.2) is 0 Å². The SMILES string of the molecule is CCC(CC)(CN(C)C1CCCN(C)C1)C(=O)O. The van der Waals surface area contributed by atoms with Gasteiger partial charge < -0.3 is 14.9 Å². The summed E-state index contributed by atoms with van der Waals surface area (Å²) in [4.78, 5) is 16.1. The zero-order valence-corrected chi connectivity index (χ0v) is 12.3. The number of hydrogen-bond donors (Lipinski definition) is 1. The number of rotatable bonds is 6. The molecule has 1 N–H and O–H groups in total. The van der Waals surface area contributed by atoms with Gasteiger partial charge in [0.25, 0.3) is 0 Å². The van der Waals surface area contributed by atoms with Gasteiger partial charge in [-0.3, -0.25) is 4.79 Å². The minimum atomic E-state index is -0.650. The highest BCUT2D eigenvalue weighted by molar-refractivity contribution is 5.74. The Morgan fingerprint density at radius 3 is 2.50 bits per heavy atom. The molecule has 1 saturated heterocycles. The van der Waals surface area contributed by atoms with Crippen molar-refractivity contribution in [2.75, 3.05) is 33.7 Å². The zero-order valence-electron chi connectivity index (χ0n) is 12.3. The second kappa shape index (κ2) is 6.53. The number of carboxylic acid groups (broad SMARTS) is 1. The van der Waals surface area contributed by atoms with Crippen molar-refractivity contribution in [3.05, 3.63) is 0 Å². The van der Waals surface area contributed by atoms with Crippen LogP contribution in [-0.4, -0.2) is 60.6 Å². The van der Waals surface area contributed by atoms with Gasteiger partial charge in [0, 0.05) is 19.1 Å². The predicted octanol–water partition coefficient (Wildman–Crippen LogP) is 1.90. The van der Waals surface area contributed by atoms with Crippen molar-refractivity contribution >= 4 is 5.97 Å². The maximum Gasteiger partial charge on any atom is 0.310 e. The number of likely N-dealkylation sites (N-methyl/N-ethyl adjacent to an activating group) is 2. The summed E-state index contributed by atoms with van der Waals surface area (Å²) in [6.45, 7) is 6.85. The molecule has 1 heterocycles. The molecule has 1 aliphatic rings. The van der Waals surface area contributed by atoms with E-state index in [4.69, 9.17) is 0 Å². The Kier molecular flexibility index (Phi) is 5.60. The van der Waals surface area contributed by atoms with Crippen LogP contribution in [0.2, 0.25) is 0 Å². The number of carboxylic acids is 1. The van der Waals surface area contributed by atoms with Crippen LogP contribution in [0.4, 0.5) is 0 Å². The molecule has 1 unspecified atom stereocenters. The van der Waals surface area contributed by atoms with Crippen molar-refractivity contribution < 1.29 is 9.90 Å². The van der Waals surface area contributed by atoms with Crippen molar-refractivity contribution in [1.82, 2.24) is 9.80 Å². The number of aliphatic carboxylic acids is 1. The first-order valence-corrected chi connectivity index (χ1v) is 7.07. The van der Waals surface area contributed by atoms with Crippen LogP contribution >= 0.6 is 0 Å². The van der Waals surface area contributed by atoms with E-state index in [0.29, 0.717) is 25.4 Å². The number of hydrogen-bond acceptors (Lipinski definition) is 3. The minimum Gasteiger partial charge on any atom is -0.481 e. The molecular formula is C14H28N2O2. The first-order chi connectivity index (χ1) is 8.45. The summed E-state index contributed by atoms with van der Waals surface area (Å²) >= 11 is 0. The average molecular weight is 256 g/mol. The van der Waals surface area contributed by atoms with Gasteiger partial charge in [0.2, 0.25) is 0 Å². The summed E-state index contributed by atoms with van der Waals surface area (Å²) in [5, 5.41) is 9.49. The van der Waals surface area contributed by atoms with E-state index >= 15 is 0 Å². The number of carbonyl (C=O) groups is 1. The monoisotopic (exact) mass is 256 g/mol. The van der Waals surface area contributed by atoms with Crippen molar-refractivity contribution in [2.24, 2.45) is 5.41 Å². The average Bonchev–Trinajstić information content (AvgIpc) is 2.35. The van der Waals surface area contributed by atoms with E-state index in [1.54, 1.807) is 0 Å². The third-order valence-corrected chi connectivity index (χ3v) is 4.58. The first-order valence-electron chi connectivity index (χ1n) is 7.07. The summed E-state index contributed by atoms with van der Waals surface area (Å²) in [5.41, 5.74) is -0.579. The highest BCUT2D eigenvalue weighted by Gasteiger charge is 2.37. The van der Waals surface area contributed by atoms with E-state index in [0.717, 1.165) is 13.1 Å². The highest BCUT2D eigenvalue weighted by atomic mass is 16.4. The molecule has 0 aromatic carbocycles. The second-order valence-corrected chi connectivity index (χ2v) is 5.77. The molecule has 0 aromatic heterocycles. The predicted molar refractivity (Wildman–Crippen MR) is 73.8 cm³/mol. The van der Waals surface area contributed by atoms with Gasteiger partial charge >= 0.3 is 5.97 Å². The standard InChI is InChI=1S/C14H28N2O2/c1-5-14(6-2,13(17)18)11-16(4)12-8-7-9-15(3)10-12/h12H,5-11H2,1-4H3,(H,17,18). The lowest BCUT2D eigenvalue weighted by atomic mass is 9.81. The molecule has 1 atom stereocenters. The third-order valence-electron chi connectivity index (χ3n) is 4.58. The molecule has 106 valence electrons. The maximum atomic E-state index is 11.5. The van der Waals surface area contributed by atoms with Crippen LogP contribution in [0.1, 0.15) is 39.5 Å². The molecule has 1 aliphatic heterocycles. The third kappa shape index (κ3) is 3.45. The van der Waals surface area contributed by atoms with Gasteiger partial charge in [-0.25, -0.2) is 0 Å². The van der Waals surface area contributed by atoms with Gasteiger partial charge in [-0.1, -0.05) is 13.8 Å². The second-order valence-electron chi connectivity index (χ2n) is 5.77. The summed E-state index contributed by atoms with van der Waals surface area (Å²) < 4.78 is 0. The van der Waals surface area contributed by atoms with Gasteiger partial charge in [0.05, 0.1) is 5.41 Å². The minimum absolute atomic E-state index is 0.501. The number of likely N-dealkylation sites (tertiary alicyclic amines) is 1. The summed E-state index contributed by atoms with van der Waals surface area (Å²) in [6, 6.07) is 0.501. The van der Waals surface area contributed by atoms with Crippen molar-refractivity contribution in [3.8, 4) is 0 Å². The normalized spacial score (nSPS) is 22.4. The zero-order chi connectivity index (χ0) is 13.8. The van der Waals surface area contributed by atoms with Crippen LogP contribution < -0.4 is 0 Å². The molecule has 4 nitrogen and oxygen atoms in total. The Morgan fingerprint density at radius 2 is 2.06 bits per heavy atom. The molecule has 0 spiro atoms. The number of piperidine rings is 1. The van der Waals surface area contributed by atoms with Crippen molar-refractivity contribution in [1.29, 1.82) is 0 Å². The molecule has 1 fully saturated rings. The summed E-state index contributed by atoms with van der Waals surface area (Å²) in [6.07, 6.45) is 3.80. The quantitative estimate of drug-likeness (QED) is 0.788. The van der Waals surface area contributed by atoms with Crippen molar-refractivity contribution in [2.45, 2.75) is 45.6 Å². The molecule has 18 heavy (non-hydrogen) atoms. The first kappa shape index (κ1) is 15.4. The van der Waals surface area contributed by atoms with E-state index < -0.39 is 11.4 Å². The molecule has 0 aliphatic carbocycles. The van der Waals surface area contributed by atoms with E-state index in [1.165, 1.54) is 12.8 Å². The largest absolute Gasteiger partial charge is 0.481 e. The van der Waals surface area contributed by atoms with E-state index in [9.17, 15) is 9.90 Å². The van der Waals surface area contributed by atoms with Crippen LogP contribution in [0.25, 0.3) is 0 Å². The Labute approximate surface area is 111 Å². The Bertz CT molecular complexity index is 277. The van der Waals surface area contributed by atoms with Gasteiger partial charge in [-0.15, -0.1) is 0 Å². The van der Waals surface area contributed by atoms with Gasteiger partial charge in [-0.05, 0) is 46.3 Å². The number of nitrogens with zero attached hydrogens (tertiary/aromatic N) is 2. The molecule has 0 amide bonds. The van der Waals surface area contributed by atoms with Crippen LogP contribution in [0.5, 0.6) is 0 Å². The van der Waals surface area contributed by atoms with Crippen LogP contribution in [0.3, 0.4) is 0 Å². The Balaban J connectivity index is 2.66. The lowest BCUT2D eigenvalue weighted by Gasteiger charge is -2.40. The van der Waals surface area contributed by atoms with Gasteiger partial charge in [-0.2, -0.15) is 0 Å². The Hall–Kier alpha value is -0.610. The lowest BCUT2D eigenvalue weighted by molar-refractivity contribution is -0.151. The van der Waals surface area contributed by atoms with Crippen LogP contribution in [-0.2, 0) is 4.79 Å². The lowest BCUT2D eigenvalue weighted by Crippen LogP contribution is -2.50. The fourth-order valence-electron chi connectivity index (χ4n) is 2.95. The van der Waals surface area contributed by atoms with Crippen LogP contribution in [0.15, 0.2) is 0 Å². The molecule has 0 saturated carbocycles. The smallest absolute Gasteiger partial charge is 0.310 e. The molecule has 0 bridgehead atoms. The maximum absolute atomic E-state index is 11.5. The summed E-state index contributed by atoms with van der Waals surface area (Å²) in [7, 11) is 4.22. The van der Waals surface area contributed by atoms with Crippen LogP contribution in [0, 0.1) is 5.41 Å². The fraction of sp³-hybridized carbons (Fsp3) is 0.929. The van der Waals surface area contributed by atoms with E-state index in [2.05, 4.69) is 23.9 Å². The topological polar surface area (TPSA) is 43.8 Å². The molecule has 0 radical (unpaired) electrons. The fourth-order valence-corrected chi connectivity index (χ4v) is 2.95. The highest BCUT2D eigenvalue weighted by Crippen LogP contribution is 2.29. The van der Waals surface area contributed by atoms with E-state index in [1.807, 2.05) is 13.8 Å². The summed E-state index contributed by atoms with van der Waals surface area (Å²) in [5.74, 6) is -0.650. The van der Waals surface area contributed by atoms with E-state index in [-0.39, 0.29) is 0 Å². The molecule has 0 aromatic rings. The Morgan fingerprint density at radius 1 is 1.44 bits per heavy atom.